The second-order valence-corrected chi connectivity index (χ2v) is 5.36. The first kappa shape index (κ1) is 12.8. The molecule has 2 fully saturated rings. The van der Waals surface area contributed by atoms with Gasteiger partial charge in [0.15, 0.2) is 0 Å². The van der Waals surface area contributed by atoms with E-state index < -0.39 is 0 Å². The maximum atomic E-state index is 12.1. The second-order valence-electron chi connectivity index (χ2n) is 5.36. The average Bonchev–Trinajstić information content (AvgIpc) is 3.20. The van der Waals surface area contributed by atoms with Crippen LogP contribution < -0.4 is 5.73 Å². The molecular formula is C13H25N3O. The minimum Gasteiger partial charge on any atom is -0.340 e. The molecule has 98 valence electrons. The van der Waals surface area contributed by atoms with Crippen molar-refractivity contribution in [3.05, 3.63) is 0 Å². The molecule has 0 aromatic heterocycles. The number of hydrogen-bond acceptors (Lipinski definition) is 3. The highest BCUT2D eigenvalue weighted by Crippen LogP contribution is 2.27. The molecule has 1 amide bonds. The van der Waals surface area contributed by atoms with Gasteiger partial charge in [-0.25, -0.2) is 0 Å². The van der Waals surface area contributed by atoms with Crippen LogP contribution in [0.4, 0.5) is 0 Å². The molecule has 1 heterocycles. The Kier molecular flexibility index (Phi) is 4.40. The van der Waals surface area contributed by atoms with Crippen LogP contribution in [0.1, 0.15) is 32.6 Å². The van der Waals surface area contributed by atoms with Crippen molar-refractivity contribution in [1.29, 1.82) is 0 Å². The molecule has 0 aromatic rings. The molecule has 2 N–H and O–H groups in total. The minimum absolute atomic E-state index is 0.303. The van der Waals surface area contributed by atoms with Crippen molar-refractivity contribution in [1.82, 2.24) is 9.80 Å². The van der Waals surface area contributed by atoms with Crippen LogP contribution in [-0.4, -0.2) is 54.5 Å². The van der Waals surface area contributed by atoms with Gasteiger partial charge in [-0.1, -0.05) is 13.3 Å². The third kappa shape index (κ3) is 3.42. The molecule has 0 spiro atoms. The highest BCUT2D eigenvalue weighted by atomic mass is 16.2. The molecule has 1 saturated heterocycles. The van der Waals surface area contributed by atoms with Gasteiger partial charge in [-0.2, -0.15) is 0 Å². The van der Waals surface area contributed by atoms with E-state index in [9.17, 15) is 4.79 Å². The van der Waals surface area contributed by atoms with Gasteiger partial charge in [0.05, 0.1) is 0 Å². The Morgan fingerprint density at radius 2 is 1.94 bits per heavy atom. The smallest absolute Gasteiger partial charge is 0.222 e. The number of rotatable bonds is 5. The second kappa shape index (κ2) is 5.83. The Morgan fingerprint density at radius 3 is 2.41 bits per heavy atom. The van der Waals surface area contributed by atoms with Crippen molar-refractivity contribution >= 4 is 5.91 Å². The topological polar surface area (TPSA) is 49.6 Å². The molecule has 4 heteroatoms. The van der Waals surface area contributed by atoms with E-state index in [4.69, 9.17) is 5.73 Å². The Hall–Kier alpha value is -0.610. The molecule has 17 heavy (non-hydrogen) atoms. The Morgan fingerprint density at radius 1 is 1.29 bits per heavy atom. The van der Waals surface area contributed by atoms with Gasteiger partial charge in [0.1, 0.15) is 0 Å². The fourth-order valence-electron chi connectivity index (χ4n) is 2.55. The van der Waals surface area contributed by atoms with Gasteiger partial charge >= 0.3 is 0 Å². The van der Waals surface area contributed by atoms with E-state index in [2.05, 4.69) is 11.8 Å². The van der Waals surface area contributed by atoms with Crippen LogP contribution in [0.5, 0.6) is 0 Å². The average molecular weight is 239 g/mol. The molecule has 1 saturated carbocycles. The molecule has 2 aliphatic rings. The van der Waals surface area contributed by atoms with Gasteiger partial charge in [-0.3, -0.25) is 9.69 Å². The quantitative estimate of drug-likeness (QED) is 0.767. The monoisotopic (exact) mass is 239 g/mol. The highest BCUT2D eigenvalue weighted by Gasteiger charge is 2.32. The largest absolute Gasteiger partial charge is 0.340 e. The zero-order valence-corrected chi connectivity index (χ0v) is 10.9. The van der Waals surface area contributed by atoms with E-state index in [0.29, 0.717) is 24.8 Å². The lowest BCUT2D eigenvalue weighted by Gasteiger charge is -2.35. The zero-order valence-electron chi connectivity index (χ0n) is 10.9. The molecule has 2 rings (SSSR count). The van der Waals surface area contributed by atoms with Crippen molar-refractivity contribution in [2.24, 2.45) is 11.7 Å². The maximum absolute atomic E-state index is 12.1. The van der Waals surface area contributed by atoms with Gasteiger partial charge in [0, 0.05) is 38.6 Å². The number of nitrogens with zero attached hydrogens (tertiary/aromatic N) is 2. The molecule has 0 bridgehead atoms. The van der Waals surface area contributed by atoms with E-state index in [-0.39, 0.29) is 0 Å². The predicted octanol–water partition coefficient (Wildman–Crippen LogP) is 0.668. The molecule has 0 aromatic carbocycles. The summed E-state index contributed by atoms with van der Waals surface area (Å²) < 4.78 is 0. The van der Waals surface area contributed by atoms with Crippen molar-refractivity contribution in [3.8, 4) is 0 Å². The van der Waals surface area contributed by atoms with E-state index >= 15 is 0 Å². The summed E-state index contributed by atoms with van der Waals surface area (Å²) in [7, 11) is 0. The third-order valence-corrected chi connectivity index (χ3v) is 4.10. The first-order chi connectivity index (χ1) is 8.24. The lowest BCUT2D eigenvalue weighted by molar-refractivity contribution is -0.134. The minimum atomic E-state index is 0.303. The molecule has 1 unspecified atom stereocenters. The first-order valence-corrected chi connectivity index (χ1v) is 6.96. The predicted molar refractivity (Wildman–Crippen MR) is 68.6 cm³/mol. The lowest BCUT2D eigenvalue weighted by Crippen LogP contribution is -2.49. The van der Waals surface area contributed by atoms with E-state index in [1.165, 1.54) is 12.8 Å². The molecular weight excluding hydrogens is 214 g/mol. The Bertz CT molecular complexity index is 253. The van der Waals surface area contributed by atoms with Crippen LogP contribution >= 0.6 is 0 Å². The summed E-state index contributed by atoms with van der Waals surface area (Å²) in [6.07, 6.45) is 4.36. The normalized spacial score (nSPS) is 23.8. The number of nitrogens with two attached hydrogens (primary N) is 1. The van der Waals surface area contributed by atoms with Crippen LogP contribution in [0.3, 0.4) is 0 Å². The van der Waals surface area contributed by atoms with Crippen molar-refractivity contribution in [3.63, 3.8) is 0 Å². The van der Waals surface area contributed by atoms with Gasteiger partial charge in [0.2, 0.25) is 5.91 Å². The summed E-state index contributed by atoms with van der Waals surface area (Å²) in [6, 6.07) is 0.833. The molecule has 1 aliphatic carbocycles. The van der Waals surface area contributed by atoms with Gasteiger partial charge < -0.3 is 10.6 Å². The fourth-order valence-corrected chi connectivity index (χ4v) is 2.55. The molecule has 4 nitrogen and oxygen atoms in total. The number of hydrogen-bond donors (Lipinski definition) is 1. The third-order valence-electron chi connectivity index (χ3n) is 4.10. The Balaban J connectivity index is 1.73. The Labute approximate surface area is 104 Å². The fraction of sp³-hybridized carbons (Fsp3) is 0.923. The van der Waals surface area contributed by atoms with Gasteiger partial charge in [-0.05, 0) is 25.3 Å². The van der Waals surface area contributed by atoms with Gasteiger partial charge in [0.25, 0.3) is 0 Å². The van der Waals surface area contributed by atoms with Crippen LogP contribution in [0, 0.1) is 5.92 Å². The molecule has 1 aliphatic heterocycles. The number of carbonyl (C=O) groups is 1. The van der Waals surface area contributed by atoms with Gasteiger partial charge in [-0.15, -0.1) is 0 Å². The summed E-state index contributed by atoms with van der Waals surface area (Å²) in [4.78, 5) is 16.6. The summed E-state index contributed by atoms with van der Waals surface area (Å²) in [5.41, 5.74) is 5.65. The summed E-state index contributed by atoms with van der Waals surface area (Å²) in [5, 5.41) is 0. The van der Waals surface area contributed by atoms with Crippen molar-refractivity contribution < 1.29 is 4.79 Å². The zero-order chi connectivity index (χ0) is 12.3. The molecule has 1 atom stereocenters. The lowest BCUT2D eigenvalue weighted by atomic mass is 10.0. The van der Waals surface area contributed by atoms with Crippen LogP contribution in [-0.2, 0) is 4.79 Å². The standard InChI is InChI=1S/C13H25N3O/c1-2-11(10-14)9-13(17)16-7-5-15(6-8-16)12-3-4-12/h11-12H,2-10,14H2,1H3. The van der Waals surface area contributed by atoms with Crippen molar-refractivity contribution in [2.75, 3.05) is 32.7 Å². The number of carbonyl (C=O) groups excluding carboxylic acids is 1. The highest BCUT2D eigenvalue weighted by molar-refractivity contribution is 5.76. The summed E-state index contributed by atoms with van der Waals surface area (Å²) in [5.74, 6) is 0.668. The van der Waals surface area contributed by atoms with E-state index in [1.54, 1.807) is 0 Å². The number of piperazine rings is 1. The summed E-state index contributed by atoms with van der Waals surface area (Å²) in [6.45, 7) is 6.69. The maximum Gasteiger partial charge on any atom is 0.222 e. The van der Waals surface area contributed by atoms with Crippen molar-refractivity contribution in [2.45, 2.75) is 38.6 Å². The molecule has 0 radical (unpaired) electrons. The van der Waals surface area contributed by atoms with E-state index in [0.717, 1.165) is 38.6 Å². The first-order valence-electron chi connectivity index (χ1n) is 6.96. The SMILES string of the molecule is CCC(CN)CC(=O)N1CCN(C2CC2)CC1. The van der Waals surface area contributed by atoms with Crippen LogP contribution in [0.2, 0.25) is 0 Å². The van der Waals surface area contributed by atoms with Crippen LogP contribution in [0.15, 0.2) is 0 Å². The number of amides is 1. The summed E-state index contributed by atoms with van der Waals surface area (Å²) >= 11 is 0. The van der Waals surface area contributed by atoms with E-state index in [1.807, 2.05) is 4.90 Å². The van der Waals surface area contributed by atoms with Crippen LogP contribution in [0.25, 0.3) is 0 Å².